The van der Waals surface area contributed by atoms with E-state index in [1.54, 1.807) is 6.08 Å². The Morgan fingerprint density at radius 1 is 1.22 bits per heavy atom. The van der Waals surface area contributed by atoms with Gasteiger partial charge in [0.2, 0.25) is 0 Å². The van der Waals surface area contributed by atoms with Crippen LogP contribution in [0.25, 0.3) is 11.8 Å². The Kier molecular flexibility index (Phi) is 5.81. The van der Waals surface area contributed by atoms with Crippen molar-refractivity contribution in [1.29, 1.82) is 5.26 Å². The molecule has 0 aliphatic heterocycles. The number of amides is 1. The van der Waals surface area contributed by atoms with Crippen molar-refractivity contribution >= 4 is 12.0 Å². The highest BCUT2D eigenvalue weighted by atomic mass is 16.1. The third-order valence-electron chi connectivity index (χ3n) is 5.58. The molecule has 1 fully saturated rings. The number of para-hydroxylation sites is 1. The van der Waals surface area contributed by atoms with E-state index >= 15 is 0 Å². The van der Waals surface area contributed by atoms with Crippen molar-refractivity contribution in [2.45, 2.75) is 52.5 Å². The Morgan fingerprint density at radius 2 is 1.93 bits per heavy atom. The second-order valence-corrected chi connectivity index (χ2v) is 7.51. The molecule has 2 aromatic rings. The number of benzene rings is 1. The smallest absolute Gasteiger partial charge is 0.262 e. The minimum Gasteiger partial charge on any atom is -0.348 e. The maximum Gasteiger partial charge on any atom is 0.262 e. The third-order valence-corrected chi connectivity index (χ3v) is 5.58. The van der Waals surface area contributed by atoms with Crippen molar-refractivity contribution in [2.24, 2.45) is 5.92 Å². The van der Waals surface area contributed by atoms with E-state index in [1.807, 2.05) is 38.1 Å². The van der Waals surface area contributed by atoms with E-state index in [4.69, 9.17) is 0 Å². The largest absolute Gasteiger partial charge is 0.348 e. The lowest BCUT2D eigenvalue weighted by molar-refractivity contribution is -0.118. The van der Waals surface area contributed by atoms with Crippen LogP contribution in [0.2, 0.25) is 0 Å². The Bertz CT molecular complexity index is 886. The minimum absolute atomic E-state index is 0.166. The molecular formula is C23H27N3O. The van der Waals surface area contributed by atoms with Gasteiger partial charge in [-0.3, -0.25) is 4.79 Å². The van der Waals surface area contributed by atoms with Crippen LogP contribution in [-0.2, 0) is 4.79 Å². The second kappa shape index (κ2) is 8.26. The van der Waals surface area contributed by atoms with Gasteiger partial charge in [0, 0.05) is 23.1 Å². The first-order valence-electron chi connectivity index (χ1n) is 9.68. The van der Waals surface area contributed by atoms with Crippen LogP contribution in [0.5, 0.6) is 0 Å². The molecule has 1 saturated carbocycles. The number of aromatic nitrogens is 1. The van der Waals surface area contributed by atoms with E-state index in [2.05, 4.69) is 35.0 Å². The van der Waals surface area contributed by atoms with Gasteiger partial charge in [0.25, 0.3) is 5.91 Å². The molecule has 0 radical (unpaired) electrons. The lowest BCUT2D eigenvalue weighted by Gasteiger charge is -2.29. The van der Waals surface area contributed by atoms with Crippen molar-refractivity contribution < 1.29 is 4.79 Å². The molecule has 1 aromatic heterocycles. The predicted molar refractivity (Wildman–Crippen MR) is 108 cm³/mol. The SMILES string of the molecule is Cc1cc(/C=C(\C#N)C(=O)N[C@H]2CCCC[C@@H]2C)c(C)n1-c1ccccc1. The number of hydrogen-bond acceptors (Lipinski definition) is 2. The first kappa shape index (κ1) is 19.0. The number of nitriles is 1. The summed E-state index contributed by atoms with van der Waals surface area (Å²) in [5.41, 5.74) is 4.24. The summed E-state index contributed by atoms with van der Waals surface area (Å²) in [4.78, 5) is 12.7. The highest BCUT2D eigenvalue weighted by Crippen LogP contribution is 2.25. The standard InChI is InChI=1S/C23H27N3O/c1-16-9-7-8-12-22(16)25-23(27)20(15-24)14-19-13-17(2)26(18(19)3)21-10-5-4-6-11-21/h4-6,10-11,13-14,16,22H,7-9,12H2,1-3H3,(H,25,27)/b20-14+/t16-,22-/m0/s1. The van der Waals surface area contributed by atoms with Gasteiger partial charge < -0.3 is 9.88 Å². The van der Waals surface area contributed by atoms with Crippen LogP contribution in [0.3, 0.4) is 0 Å². The van der Waals surface area contributed by atoms with E-state index < -0.39 is 0 Å². The minimum atomic E-state index is -0.263. The van der Waals surface area contributed by atoms with Gasteiger partial charge in [0.15, 0.2) is 0 Å². The summed E-state index contributed by atoms with van der Waals surface area (Å²) in [6.07, 6.45) is 6.20. The van der Waals surface area contributed by atoms with Gasteiger partial charge in [-0.25, -0.2) is 0 Å². The molecule has 140 valence electrons. The molecule has 2 atom stereocenters. The van der Waals surface area contributed by atoms with Crippen molar-refractivity contribution in [3.05, 3.63) is 58.9 Å². The summed E-state index contributed by atoms with van der Waals surface area (Å²) in [5.74, 6) is 0.201. The molecule has 1 aliphatic carbocycles. The van der Waals surface area contributed by atoms with Crippen LogP contribution in [0, 0.1) is 31.1 Å². The van der Waals surface area contributed by atoms with Crippen LogP contribution in [0.15, 0.2) is 42.0 Å². The van der Waals surface area contributed by atoms with Crippen molar-refractivity contribution in [1.82, 2.24) is 9.88 Å². The normalized spacial score (nSPS) is 20.1. The summed E-state index contributed by atoms with van der Waals surface area (Å²) in [7, 11) is 0. The van der Waals surface area contributed by atoms with Crippen molar-refractivity contribution in [3.63, 3.8) is 0 Å². The highest BCUT2D eigenvalue weighted by Gasteiger charge is 2.24. The monoisotopic (exact) mass is 361 g/mol. The highest BCUT2D eigenvalue weighted by molar-refractivity contribution is 6.02. The van der Waals surface area contributed by atoms with Crippen LogP contribution >= 0.6 is 0 Å². The molecule has 4 nitrogen and oxygen atoms in total. The van der Waals surface area contributed by atoms with E-state index in [1.165, 1.54) is 6.42 Å². The summed E-state index contributed by atoms with van der Waals surface area (Å²) in [5, 5.41) is 12.6. The topological polar surface area (TPSA) is 57.8 Å². The zero-order valence-electron chi connectivity index (χ0n) is 16.3. The molecule has 1 aliphatic rings. The van der Waals surface area contributed by atoms with Gasteiger partial charge in [-0.2, -0.15) is 5.26 Å². The second-order valence-electron chi connectivity index (χ2n) is 7.51. The number of rotatable bonds is 4. The van der Waals surface area contributed by atoms with Crippen molar-refractivity contribution in [2.75, 3.05) is 0 Å². The third kappa shape index (κ3) is 4.14. The van der Waals surface area contributed by atoms with Crippen molar-refractivity contribution in [3.8, 4) is 11.8 Å². The first-order valence-corrected chi connectivity index (χ1v) is 9.68. The molecule has 4 heteroatoms. The summed E-state index contributed by atoms with van der Waals surface area (Å²) in [6, 6.07) is 14.4. The Morgan fingerprint density at radius 3 is 2.59 bits per heavy atom. The molecule has 1 N–H and O–H groups in total. The van der Waals surface area contributed by atoms with E-state index in [9.17, 15) is 10.1 Å². The number of nitrogens with zero attached hydrogens (tertiary/aromatic N) is 2. The molecule has 1 amide bonds. The fourth-order valence-electron chi connectivity index (χ4n) is 3.99. The van der Waals surface area contributed by atoms with Crippen LogP contribution in [0.1, 0.15) is 49.6 Å². The Hall–Kier alpha value is -2.80. The molecule has 0 spiro atoms. The number of carbonyl (C=O) groups is 1. The van der Waals surface area contributed by atoms with Gasteiger partial charge in [0.1, 0.15) is 11.6 Å². The predicted octanol–water partition coefficient (Wildman–Crippen LogP) is 4.70. The van der Waals surface area contributed by atoms with Crippen LogP contribution in [0.4, 0.5) is 0 Å². The van der Waals surface area contributed by atoms with E-state index in [0.717, 1.165) is 41.9 Å². The van der Waals surface area contributed by atoms with E-state index in [-0.39, 0.29) is 17.5 Å². The summed E-state index contributed by atoms with van der Waals surface area (Å²) < 4.78 is 2.14. The molecule has 0 saturated heterocycles. The van der Waals surface area contributed by atoms with Gasteiger partial charge in [-0.15, -0.1) is 0 Å². The Labute approximate surface area is 161 Å². The fraction of sp³-hybridized carbons (Fsp3) is 0.391. The number of hydrogen-bond donors (Lipinski definition) is 1. The average molecular weight is 361 g/mol. The van der Waals surface area contributed by atoms with Gasteiger partial charge in [-0.1, -0.05) is 38.0 Å². The lowest BCUT2D eigenvalue weighted by Crippen LogP contribution is -2.41. The first-order chi connectivity index (χ1) is 13.0. The number of carbonyl (C=O) groups excluding carboxylic acids is 1. The summed E-state index contributed by atoms with van der Waals surface area (Å²) >= 11 is 0. The van der Waals surface area contributed by atoms with Gasteiger partial charge in [0.05, 0.1) is 0 Å². The molecule has 1 heterocycles. The molecule has 0 bridgehead atoms. The van der Waals surface area contributed by atoms with E-state index in [0.29, 0.717) is 5.92 Å². The molecular weight excluding hydrogens is 334 g/mol. The van der Waals surface area contributed by atoms with Gasteiger partial charge >= 0.3 is 0 Å². The maximum atomic E-state index is 12.7. The summed E-state index contributed by atoms with van der Waals surface area (Å²) in [6.45, 7) is 6.22. The van der Waals surface area contributed by atoms with Gasteiger partial charge in [-0.05, 0) is 62.4 Å². The number of aryl methyl sites for hydroxylation is 1. The maximum absolute atomic E-state index is 12.7. The van der Waals surface area contributed by atoms with Crippen LogP contribution in [-0.4, -0.2) is 16.5 Å². The molecule has 27 heavy (non-hydrogen) atoms. The zero-order valence-corrected chi connectivity index (χ0v) is 16.3. The number of nitrogens with one attached hydrogen (secondary N) is 1. The molecule has 3 rings (SSSR count). The zero-order chi connectivity index (χ0) is 19.4. The Balaban J connectivity index is 1.86. The quantitative estimate of drug-likeness (QED) is 0.634. The average Bonchev–Trinajstić information content (AvgIpc) is 2.95. The fourth-order valence-corrected chi connectivity index (χ4v) is 3.99. The molecule has 0 unspecified atom stereocenters. The lowest BCUT2D eigenvalue weighted by atomic mass is 9.86. The van der Waals surface area contributed by atoms with Crippen LogP contribution < -0.4 is 5.32 Å². The molecule has 1 aromatic carbocycles.